The van der Waals surface area contributed by atoms with Crippen molar-refractivity contribution in [2.45, 2.75) is 15.7 Å². The first-order valence-corrected chi connectivity index (χ1v) is 7.91. The molecule has 1 aromatic heterocycles. The molecule has 0 spiro atoms. The van der Waals surface area contributed by atoms with Gasteiger partial charge in [-0.15, -0.1) is 11.3 Å². The molecule has 5 heteroatoms. The summed E-state index contributed by atoms with van der Waals surface area (Å²) in [5, 5.41) is 0. The van der Waals surface area contributed by atoms with E-state index in [1.165, 1.54) is 6.07 Å². The lowest BCUT2D eigenvalue weighted by Gasteiger charge is -2.06. The monoisotopic (exact) mass is 304 g/mol. The maximum absolute atomic E-state index is 13.3. The molecular weight excluding hydrogens is 291 g/mol. The van der Waals surface area contributed by atoms with Crippen molar-refractivity contribution < 1.29 is 4.39 Å². The molecule has 2 aromatic carbocycles. The van der Waals surface area contributed by atoms with Gasteiger partial charge in [0.25, 0.3) is 0 Å². The van der Waals surface area contributed by atoms with Gasteiger partial charge in [-0.2, -0.15) is 0 Å². The fraction of sp³-hybridized carbons (Fsp3) is 0.133. The number of para-hydroxylation sites is 1. The van der Waals surface area contributed by atoms with Crippen LogP contribution < -0.4 is 5.73 Å². The first-order valence-electron chi connectivity index (χ1n) is 6.28. The smallest absolute Gasteiger partial charge is 0.155 e. The first kappa shape index (κ1) is 13.5. The normalized spacial score (nSPS) is 11.1. The average molecular weight is 304 g/mol. The van der Waals surface area contributed by atoms with E-state index in [4.69, 9.17) is 5.73 Å². The fourth-order valence-corrected chi connectivity index (χ4v) is 4.15. The van der Waals surface area contributed by atoms with Crippen LogP contribution in [0.15, 0.2) is 51.7 Å². The third-order valence-corrected chi connectivity index (χ3v) is 5.12. The minimum absolute atomic E-state index is 0.220. The summed E-state index contributed by atoms with van der Waals surface area (Å²) in [5.74, 6) is -0.220. The number of nitrogens with two attached hydrogens (primary N) is 1. The summed E-state index contributed by atoms with van der Waals surface area (Å²) in [4.78, 5) is 5.61. The molecule has 0 fully saturated rings. The zero-order chi connectivity index (χ0) is 13.9. The molecule has 0 saturated carbocycles. The summed E-state index contributed by atoms with van der Waals surface area (Å²) in [6.07, 6.45) is 0.672. The molecule has 3 aromatic rings. The van der Waals surface area contributed by atoms with Crippen molar-refractivity contribution in [2.75, 3.05) is 6.54 Å². The van der Waals surface area contributed by atoms with E-state index in [2.05, 4.69) is 11.1 Å². The van der Waals surface area contributed by atoms with Crippen molar-refractivity contribution in [2.24, 2.45) is 5.73 Å². The third kappa shape index (κ3) is 2.85. The Morgan fingerprint density at radius 2 is 2.05 bits per heavy atom. The van der Waals surface area contributed by atoms with E-state index in [9.17, 15) is 4.39 Å². The van der Waals surface area contributed by atoms with Crippen LogP contribution in [0.25, 0.3) is 10.2 Å². The highest BCUT2D eigenvalue weighted by Crippen LogP contribution is 2.36. The van der Waals surface area contributed by atoms with Crippen LogP contribution in [0, 0.1) is 5.82 Å². The summed E-state index contributed by atoms with van der Waals surface area (Å²) in [5.41, 5.74) is 7.53. The molecule has 1 heterocycles. The maximum atomic E-state index is 13.3. The number of hydrogen-bond acceptors (Lipinski definition) is 4. The van der Waals surface area contributed by atoms with Gasteiger partial charge in [0.15, 0.2) is 4.34 Å². The van der Waals surface area contributed by atoms with E-state index < -0.39 is 0 Å². The van der Waals surface area contributed by atoms with Crippen molar-refractivity contribution in [3.8, 4) is 0 Å². The van der Waals surface area contributed by atoms with E-state index in [0.29, 0.717) is 13.0 Å². The lowest BCUT2D eigenvalue weighted by Crippen LogP contribution is -2.04. The SMILES string of the molecule is NCCc1cc(F)ccc1Sc1nc2ccccc2s1. The quantitative estimate of drug-likeness (QED) is 0.789. The van der Waals surface area contributed by atoms with Gasteiger partial charge in [0.05, 0.1) is 10.2 Å². The Morgan fingerprint density at radius 3 is 2.85 bits per heavy atom. The summed E-state index contributed by atoms with van der Waals surface area (Å²) in [6, 6.07) is 12.9. The number of nitrogens with zero attached hydrogens (tertiary/aromatic N) is 1. The molecule has 0 radical (unpaired) electrons. The number of aromatic nitrogens is 1. The van der Waals surface area contributed by atoms with Crippen molar-refractivity contribution in [1.82, 2.24) is 4.98 Å². The minimum atomic E-state index is -0.220. The number of benzene rings is 2. The predicted octanol–water partition coefficient (Wildman–Crippen LogP) is 4.09. The molecule has 0 atom stereocenters. The summed E-state index contributed by atoms with van der Waals surface area (Å²) in [7, 11) is 0. The highest BCUT2D eigenvalue weighted by molar-refractivity contribution is 8.01. The van der Waals surface area contributed by atoms with Crippen LogP contribution in [-0.4, -0.2) is 11.5 Å². The van der Waals surface area contributed by atoms with E-state index in [1.54, 1.807) is 35.2 Å². The number of rotatable bonds is 4. The van der Waals surface area contributed by atoms with Gasteiger partial charge < -0.3 is 5.73 Å². The molecule has 0 unspecified atom stereocenters. The second-order valence-corrected chi connectivity index (χ2v) is 6.66. The molecular formula is C15H13FN2S2. The Hall–Kier alpha value is -1.43. The van der Waals surface area contributed by atoms with Crippen molar-refractivity contribution in [3.05, 3.63) is 53.8 Å². The van der Waals surface area contributed by atoms with Crippen LogP contribution in [0.5, 0.6) is 0 Å². The summed E-state index contributed by atoms with van der Waals surface area (Å²) in [6.45, 7) is 0.511. The van der Waals surface area contributed by atoms with Gasteiger partial charge in [-0.25, -0.2) is 9.37 Å². The molecule has 0 saturated heterocycles. The Morgan fingerprint density at radius 1 is 1.20 bits per heavy atom. The second kappa shape index (κ2) is 5.91. The van der Waals surface area contributed by atoms with Crippen molar-refractivity contribution in [1.29, 1.82) is 0 Å². The highest BCUT2D eigenvalue weighted by Gasteiger charge is 2.09. The van der Waals surface area contributed by atoms with Crippen LogP contribution in [0.1, 0.15) is 5.56 Å². The zero-order valence-electron chi connectivity index (χ0n) is 10.7. The number of thiazole rings is 1. The molecule has 0 bridgehead atoms. The van der Waals surface area contributed by atoms with Gasteiger partial charge in [0.2, 0.25) is 0 Å². The second-order valence-electron chi connectivity index (χ2n) is 4.34. The van der Waals surface area contributed by atoms with Crippen molar-refractivity contribution in [3.63, 3.8) is 0 Å². The number of halogens is 1. The fourth-order valence-electron chi connectivity index (χ4n) is 1.99. The average Bonchev–Trinajstić information content (AvgIpc) is 2.84. The molecule has 102 valence electrons. The van der Waals surface area contributed by atoms with Crippen LogP contribution in [0.3, 0.4) is 0 Å². The largest absolute Gasteiger partial charge is 0.330 e. The summed E-state index contributed by atoms with van der Waals surface area (Å²) < 4.78 is 15.4. The van der Waals surface area contributed by atoms with E-state index >= 15 is 0 Å². The Labute approximate surface area is 124 Å². The van der Waals surface area contributed by atoms with Gasteiger partial charge in [0, 0.05) is 4.90 Å². The van der Waals surface area contributed by atoms with E-state index in [1.807, 2.05) is 18.2 Å². The van der Waals surface area contributed by atoms with Gasteiger partial charge in [-0.1, -0.05) is 23.9 Å². The molecule has 0 aliphatic carbocycles. The number of hydrogen-bond donors (Lipinski definition) is 1. The minimum Gasteiger partial charge on any atom is -0.330 e. The van der Waals surface area contributed by atoms with Gasteiger partial charge in [-0.05, 0) is 48.9 Å². The number of fused-ring (bicyclic) bond motifs is 1. The molecule has 2 nitrogen and oxygen atoms in total. The standard InChI is InChI=1S/C15H13FN2S2/c16-11-5-6-13(10(9-11)7-8-17)19-15-18-12-3-1-2-4-14(12)20-15/h1-6,9H,7-8,17H2. The van der Waals surface area contributed by atoms with E-state index in [0.717, 1.165) is 25.0 Å². The molecule has 0 aliphatic rings. The molecule has 20 heavy (non-hydrogen) atoms. The molecule has 2 N–H and O–H groups in total. The topological polar surface area (TPSA) is 38.9 Å². The first-order chi connectivity index (χ1) is 9.76. The zero-order valence-corrected chi connectivity index (χ0v) is 12.3. The Balaban J connectivity index is 1.93. The van der Waals surface area contributed by atoms with Crippen LogP contribution in [0.4, 0.5) is 4.39 Å². The molecule has 0 amide bonds. The maximum Gasteiger partial charge on any atom is 0.155 e. The summed E-state index contributed by atoms with van der Waals surface area (Å²) >= 11 is 3.22. The Kier molecular flexibility index (Phi) is 4.00. The van der Waals surface area contributed by atoms with Crippen molar-refractivity contribution >= 4 is 33.3 Å². The van der Waals surface area contributed by atoms with Gasteiger partial charge >= 0.3 is 0 Å². The van der Waals surface area contributed by atoms with Gasteiger partial charge in [0.1, 0.15) is 5.82 Å². The molecule has 3 rings (SSSR count). The lowest BCUT2D eigenvalue weighted by atomic mass is 10.1. The lowest BCUT2D eigenvalue weighted by molar-refractivity contribution is 0.623. The predicted molar refractivity (Wildman–Crippen MR) is 82.9 cm³/mol. The van der Waals surface area contributed by atoms with Crippen LogP contribution in [-0.2, 0) is 6.42 Å². The van der Waals surface area contributed by atoms with Gasteiger partial charge in [-0.3, -0.25) is 0 Å². The Bertz CT molecular complexity index is 707. The van der Waals surface area contributed by atoms with Crippen LogP contribution in [0.2, 0.25) is 0 Å². The third-order valence-electron chi connectivity index (χ3n) is 2.91. The molecule has 0 aliphatic heterocycles. The highest BCUT2D eigenvalue weighted by atomic mass is 32.2. The van der Waals surface area contributed by atoms with E-state index in [-0.39, 0.29) is 5.82 Å². The van der Waals surface area contributed by atoms with Crippen LogP contribution >= 0.6 is 23.1 Å².